The van der Waals surface area contributed by atoms with Gasteiger partial charge in [-0.1, -0.05) is 49.7 Å². The average molecular weight is 354 g/mol. The smallest absolute Gasteiger partial charge is 0.131 e. The van der Waals surface area contributed by atoms with Gasteiger partial charge in [0, 0.05) is 11.6 Å². The molecule has 26 heavy (non-hydrogen) atoms. The Bertz CT molecular complexity index is 862. The zero-order valence-electron chi connectivity index (χ0n) is 14.7. The van der Waals surface area contributed by atoms with E-state index in [4.69, 9.17) is 0 Å². The molecule has 0 atom stereocenters. The molecule has 0 aliphatic heterocycles. The van der Waals surface area contributed by atoms with Crippen molar-refractivity contribution in [2.45, 2.75) is 32.6 Å². The van der Waals surface area contributed by atoms with Crippen molar-refractivity contribution in [3.8, 4) is 11.1 Å². The van der Waals surface area contributed by atoms with Gasteiger partial charge in [0.05, 0.1) is 0 Å². The maximum absolute atomic E-state index is 14.3. The number of hydrogen-bond acceptors (Lipinski definition) is 0. The second-order valence-electron chi connectivity index (χ2n) is 6.54. The normalized spacial score (nSPS) is 10.9. The van der Waals surface area contributed by atoms with Crippen LogP contribution in [0, 0.1) is 17.5 Å². The molecule has 3 rings (SSSR count). The standard InChI is InChI=1S/C23H21F3/c1-2-3-17-8-11-22(23(26)14-17)19-9-6-16(7-10-19)4-5-18-12-20(24)15-21(25)13-18/h6-15H,2-5H2,1H3. The van der Waals surface area contributed by atoms with Crippen LogP contribution in [0.5, 0.6) is 0 Å². The van der Waals surface area contributed by atoms with Gasteiger partial charge in [0.15, 0.2) is 0 Å². The van der Waals surface area contributed by atoms with E-state index in [0.29, 0.717) is 24.0 Å². The molecule has 0 spiro atoms. The number of hydrogen-bond donors (Lipinski definition) is 0. The number of aryl methyl sites for hydroxylation is 3. The summed E-state index contributed by atoms with van der Waals surface area (Å²) in [6.07, 6.45) is 3.08. The Morgan fingerprint density at radius 1 is 0.615 bits per heavy atom. The van der Waals surface area contributed by atoms with Crippen molar-refractivity contribution in [2.24, 2.45) is 0 Å². The second kappa shape index (κ2) is 8.22. The van der Waals surface area contributed by atoms with Crippen molar-refractivity contribution in [1.29, 1.82) is 0 Å². The molecule has 3 heteroatoms. The van der Waals surface area contributed by atoms with Gasteiger partial charge in [-0.25, -0.2) is 13.2 Å². The molecule has 3 aromatic carbocycles. The fourth-order valence-corrected chi connectivity index (χ4v) is 3.13. The van der Waals surface area contributed by atoms with Crippen molar-refractivity contribution >= 4 is 0 Å². The van der Waals surface area contributed by atoms with Gasteiger partial charge >= 0.3 is 0 Å². The first-order chi connectivity index (χ1) is 12.5. The number of benzene rings is 3. The van der Waals surface area contributed by atoms with E-state index in [2.05, 4.69) is 6.92 Å². The lowest BCUT2D eigenvalue weighted by Crippen LogP contribution is -1.94. The van der Waals surface area contributed by atoms with Crippen molar-refractivity contribution in [1.82, 2.24) is 0 Å². The van der Waals surface area contributed by atoms with E-state index < -0.39 is 11.6 Å². The summed E-state index contributed by atoms with van der Waals surface area (Å²) < 4.78 is 40.8. The molecular weight excluding hydrogens is 333 g/mol. The minimum atomic E-state index is -0.558. The Hall–Kier alpha value is -2.55. The highest BCUT2D eigenvalue weighted by Crippen LogP contribution is 2.25. The van der Waals surface area contributed by atoms with E-state index in [9.17, 15) is 13.2 Å². The predicted molar refractivity (Wildman–Crippen MR) is 99.6 cm³/mol. The number of halogens is 3. The van der Waals surface area contributed by atoms with Crippen LogP contribution in [-0.2, 0) is 19.3 Å². The summed E-state index contributed by atoms with van der Waals surface area (Å²) in [6, 6.07) is 16.6. The van der Waals surface area contributed by atoms with E-state index in [0.717, 1.165) is 35.6 Å². The number of rotatable bonds is 6. The Morgan fingerprint density at radius 2 is 1.23 bits per heavy atom. The van der Waals surface area contributed by atoms with Crippen LogP contribution in [-0.4, -0.2) is 0 Å². The Morgan fingerprint density at radius 3 is 1.85 bits per heavy atom. The SMILES string of the molecule is CCCc1ccc(-c2ccc(CCc3cc(F)cc(F)c3)cc2)c(F)c1. The van der Waals surface area contributed by atoms with Crippen LogP contribution in [0.15, 0.2) is 60.7 Å². The minimum Gasteiger partial charge on any atom is -0.207 e. The first kappa shape index (κ1) is 18.2. The van der Waals surface area contributed by atoms with Crippen molar-refractivity contribution in [3.63, 3.8) is 0 Å². The molecule has 0 unspecified atom stereocenters. The molecule has 0 aromatic heterocycles. The molecule has 0 aliphatic carbocycles. The summed E-state index contributed by atoms with van der Waals surface area (Å²) in [6.45, 7) is 2.07. The predicted octanol–water partition coefficient (Wildman–Crippen LogP) is 6.51. The summed E-state index contributed by atoms with van der Waals surface area (Å²) in [7, 11) is 0. The van der Waals surface area contributed by atoms with Crippen molar-refractivity contribution in [2.75, 3.05) is 0 Å². The van der Waals surface area contributed by atoms with Gasteiger partial charge in [0.25, 0.3) is 0 Å². The molecule has 134 valence electrons. The molecule has 0 heterocycles. The highest BCUT2D eigenvalue weighted by Gasteiger charge is 2.07. The molecule has 0 nitrogen and oxygen atoms in total. The lowest BCUT2D eigenvalue weighted by Gasteiger charge is -2.08. The van der Waals surface area contributed by atoms with Crippen LogP contribution in [0.25, 0.3) is 11.1 Å². The largest absolute Gasteiger partial charge is 0.207 e. The molecule has 0 aliphatic rings. The second-order valence-corrected chi connectivity index (χ2v) is 6.54. The molecule has 0 saturated heterocycles. The van der Waals surface area contributed by atoms with E-state index in [1.807, 2.05) is 36.4 Å². The van der Waals surface area contributed by atoms with Crippen LogP contribution < -0.4 is 0 Å². The van der Waals surface area contributed by atoms with Gasteiger partial charge in [0.2, 0.25) is 0 Å². The van der Waals surface area contributed by atoms with E-state index in [1.165, 1.54) is 12.1 Å². The highest BCUT2D eigenvalue weighted by molar-refractivity contribution is 5.64. The quantitative estimate of drug-likeness (QED) is 0.473. The van der Waals surface area contributed by atoms with Crippen LogP contribution in [0.4, 0.5) is 13.2 Å². The molecule has 3 aromatic rings. The van der Waals surface area contributed by atoms with E-state index in [1.54, 1.807) is 6.07 Å². The zero-order chi connectivity index (χ0) is 18.5. The summed E-state index contributed by atoms with van der Waals surface area (Å²) in [5, 5.41) is 0. The van der Waals surface area contributed by atoms with Crippen molar-refractivity contribution in [3.05, 3.63) is 94.8 Å². The molecule has 0 N–H and O–H groups in total. The van der Waals surface area contributed by atoms with Gasteiger partial charge in [-0.05, 0) is 59.7 Å². The van der Waals surface area contributed by atoms with Gasteiger partial charge in [-0.3, -0.25) is 0 Å². The summed E-state index contributed by atoms with van der Waals surface area (Å²) in [4.78, 5) is 0. The molecule has 0 bridgehead atoms. The molecular formula is C23H21F3. The van der Waals surface area contributed by atoms with E-state index >= 15 is 0 Å². The first-order valence-electron chi connectivity index (χ1n) is 8.88. The van der Waals surface area contributed by atoms with Crippen LogP contribution >= 0.6 is 0 Å². The van der Waals surface area contributed by atoms with Crippen LogP contribution in [0.1, 0.15) is 30.0 Å². The minimum absolute atomic E-state index is 0.209. The maximum atomic E-state index is 14.3. The molecule has 0 fully saturated rings. The van der Waals surface area contributed by atoms with Gasteiger partial charge in [0.1, 0.15) is 17.5 Å². The average Bonchev–Trinajstić information content (AvgIpc) is 2.60. The van der Waals surface area contributed by atoms with E-state index in [-0.39, 0.29) is 5.82 Å². The zero-order valence-corrected chi connectivity index (χ0v) is 14.7. The Labute approximate surface area is 152 Å². The molecule has 0 amide bonds. The Kier molecular flexibility index (Phi) is 5.77. The van der Waals surface area contributed by atoms with Gasteiger partial charge in [-0.2, -0.15) is 0 Å². The van der Waals surface area contributed by atoms with Gasteiger partial charge < -0.3 is 0 Å². The van der Waals surface area contributed by atoms with Gasteiger partial charge in [-0.15, -0.1) is 0 Å². The molecule has 0 saturated carbocycles. The third-order valence-electron chi connectivity index (χ3n) is 4.46. The fraction of sp³-hybridized carbons (Fsp3) is 0.217. The fourth-order valence-electron chi connectivity index (χ4n) is 3.13. The van der Waals surface area contributed by atoms with Crippen molar-refractivity contribution < 1.29 is 13.2 Å². The third kappa shape index (κ3) is 4.54. The van der Waals surface area contributed by atoms with Crippen LogP contribution in [0.3, 0.4) is 0 Å². The highest BCUT2D eigenvalue weighted by atomic mass is 19.1. The summed E-state index contributed by atoms with van der Waals surface area (Å²) in [5.74, 6) is -1.33. The monoisotopic (exact) mass is 354 g/mol. The third-order valence-corrected chi connectivity index (χ3v) is 4.46. The Balaban J connectivity index is 1.70. The summed E-state index contributed by atoms with van der Waals surface area (Å²) >= 11 is 0. The molecule has 0 radical (unpaired) electrons. The first-order valence-corrected chi connectivity index (χ1v) is 8.88. The maximum Gasteiger partial charge on any atom is 0.131 e. The lowest BCUT2D eigenvalue weighted by molar-refractivity contribution is 0.579. The summed E-state index contributed by atoms with van der Waals surface area (Å²) in [5.41, 5.74) is 4.09. The van der Waals surface area contributed by atoms with Crippen LogP contribution in [0.2, 0.25) is 0 Å². The lowest BCUT2D eigenvalue weighted by atomic mass is 9.98. The topological polar surface area (TPSA) is 0 Å².